The predicted molar refractivity (Wildman–Crippen MR) is 295 cm³/mol. The molecule has 2 fully saturated rings. The van der Waals surface area contributed by atoms with E-state index in [1.807, 2.05) is 6.08 Å². The molecule has 14 nitrogen and oxygen atoms in total. The van der Waals surface area contributed by atoms with Gasteiger partial charge in [0.15, 0.2) is 12.6 Å². The molecular weight excluding hydrogens is 943 g/mol. The summed E-state index contributed by atoms with van der Waals surface area (Å²) in [5.74, 6) is -0.261. The average molecular weight is 1050 g/mol. The second-order valence-corrected chi connectivity index (χ2v) is 21.5. The molecule has 1 amide bonds. The van der Waals surface area contributed by atoms with Gasteiger partial charge >= 0.3 is 0 Å². The standard InChI is InChI=1S/C60H111NO13/c1-3-5-7-9-11-13-15-16-17-18-19-20-21-22-23-24-25-26-27-28-29-30-31-32-33-34-35-37-39-41-43-49(64)48(61-52(65)44-42-40-38-36-14-12-10-8-6-4-2)47-71-59-57(70)55(68)58(51(46-63)73-59)74-60-56(69)54(67)53(66)50(45-62)72-60/h8,10,34-35,41,43,48-51,53-60,62-64,66-70H,3-7,9,11-33,36-40,42,44-47H2,1-2H3,(H,61,65)/b10-8-,35-34+,43-41+. The van der Waals surface area contributed by atoms with E-state index in [4.69, 9.17) is 18.9 Å². The molecule has 74 heavy (non-hydrogen) atoms. The monoisotopic (exact) mass is 1050 g/mol. The first-order valence-electron chi connectivity index (χ1n) is 30.2. The Morgan fingerprint density at radius 3 is 1.38 bits per heavy atom. The van der Waals surface area contributed by atoms with Crippen LogP contribution >= 0.6 is 0 Å². The number of hydrogen-bond acceptors (Lipinski definition) is 13. The van der Waals surface area contributed by atoms with Gasteiger partial charge < -0.3 is 65.1 Å². The van der Waals surface area contributed by atoms with E-state index in [-0.39, 0.29) is 18.9 Å². The van der Waals surface area contributed by atoms with Gasteiger partial charge in [-0.05, 0) is 51.4 Å². The molecule has 0 aromatic rings. The third kappa shape index (κ3) is 31.6. The summed E-state index contributed by atoms with van der Waals surface area (Å²) in [6.07, 6.45) is 39.5. The van der Waals surface area contributed by atoms with Crippen LogP contribution in [0.1, 0.15) is 245 Å². The highest BCUT2D eigenvalue weighted by Gasteiger charge is 2.51. The van der Waals surface area contributed by atoms with E-state index in [1.165, 1.54) is 154 Å². The van der Waals surface area contributed by atoms with Crippen LogP contribution in [0.15, 0.2) is 36.5 Å². The lowest BCUT2D eigenvalue weighted by Crippen LogP contribution is -2.65. The topological polar surface area (TPSA) is 228 Å². The number of carbonyl (C=O) groups is 1. The largest absolute Gasteiger partial charge is 0.394 e. The van der Waals surface area contributed by atoms with Crippen molar-refractivity contribution in [3.8, 4) is 0 Å². The first-order chi connectivity index (χ1) is 36.1. The number of carbonyl (C=O) groups excluding carboxylic acids is 1. The number of amides is 1. The van der Waals surface area contributed by atoms with Crippen LogP contribution in [0.2, 0.25) is 0 Å². The third-order valence-electron chi connectivity index (χ3n) is 14.8. The van der Waals surface area contributed by atoms with Crippen molar-refractivity contribution in [2.75, 3.05) is 19.8 Å². The molecule has 2 heterocycles. The zero-order chi connectivity index (χ0) is 53.9. The Balaban J connectivity index is 1.68. The summed E-state index contributed by atoms with van der Waals surface area (Å²) in [6, 6.07) is -0.934. The zero-order valence-corrected chi connectivity index (χ0v) is 46.6. The first-order valence-corrected chi connectivity index (χ1v) is 30.2. The van der Waals surface area contributed by atoms with E-state index in [0.717, 1.165) is 57.8 Å². The number of nitrogens with one attached hydrogen (secondary N) is 1. The summed E-state index contributed by atoms with van der Waals surface area (Å²) in [5, 5.41) is 86.8. The van der Waals surface area contributed by atoms with Gasteiger partial charge in [0.1, 0.15) is 48.8 Å². The minimum Gasteiger partial charge on any atom is -0.394 e. The van der Waals surface area contributed by atoms with Crippen molar-refractivity contribution in [3.63, 3.8) is 0 Å². The van der Waals surface area contributed by atoms with E-state index in [2.05, 4.69) is 43.5 Å². The van der Waals surface area contributed by atoms with Crippen molar-refractivity contribution in [2.24, 2.45) is 0 Å². The second kappa shape index (κ2) is 46.2. The number of allylic oxidation sites excluding steroid dienone is 5. The number of unbranched alkanes of at least 4 members (excludes halogenated alkanes) is 31. The number of aliphatic hydroxyl groups is 8. The van der Waals surface area contributed by atoms with Crippen molar-refractivity contribution in [1.29, 1.82) is 0 Å². The third-order valence-corrected chi connectivity index (χ3v) is 14.8. The molecule has 12 atom stereocenters. The molecule has 0 radical (unpaired) electrons. The summed E-state index contributed by atoms with van der Waals surface area (Å²) >= 11 is 0. The van der Waals surface area contributed by atoms with Crippen LogP contribution in [0, 0.1) is 0 Å². The molecule has 2 saturated heterocycles. The molecule has 0 spiro atoms. The van der Waals surface area contributed by atoms with E-state index >= 15 is 0 Å². The highest BCUT2D eigenvalue weighted by Crippen LogP contribution is 2.30. The lowest BCUT2D eigenvalue weighted by atomic mass is 9.97. The Bertz CT molecular complexity index is 1380. The molecule has 9 N–H and O–H groups in total. The molecule has 434 valence electrons. The maximum atomic E-state index is 13.1. The second-order valence-electron chi connectivity index (χ2n) is 21.5. The van der Waals surface area contributed by atoms with E-state index in [1.54, 1.807) is 6.08 Å². The number of aliphatic hydroxyl groups excluding tert-OH is 8. The van der Waals surface area contributed by atoms with Gasteiger partial charge in [0, 0.05) is 6.42 Å². The average Bonchev–Trinajstić information content (AvgIpc) is 3.40. The summed E-state index contributed by atoms with van der Waals surface area (Å²) in [6.45, 7) is 2.71. The van der Waals surface area contributed by atoms with Crippen molar-refractivity contribution < 1.29 is 64.6 Å². The Kier molecular flexibility index (Phi) is 42.6. The number of rotatable bonds is 48. The molecule has 0 bridgehead atoms. The fourth-order valence-electron chi connectivity index (χ4n) is 9.90. The fourth-order valence-corrected chi connectivity index (χ4v) is 9.90. The van der Waals surface area contributed by atoms with Crippen LogP contribution in [0.4, 0.5) is 0 Å². The minimum absolute atomic E-state index is 0.261. The molecule has 2 aliphatic heterocycles. The number of hydrogen-bond donors (Lipinski definition) is 9. The van der Waals surface area contributed by atoms with Gasteiger partial charge in [-0.1, -0.05) is 224 Å². The maximum Gasteiger partial charge on any atom is 0.220 e. The Labute approximate surface area is 449 Å². The fraction of sp³-hybridized carbons (Fsp3) is 0.883. The van der Waals surface area contributed by atoms with Crippen molar-refractivity contribution in [3.05, 3.63) is 36.5 Å². The van der Waals surface area contributed by atoms with Crippen molar-refractivity contribution >= 4 is 5.91 Å². The van der Waals surface area contributed by atoms with E-state index in [9.17, 15) is 45.6 Å². The molecule has 12 unspecified atom stereocenters. The molecule has 0 aromatic carbocycles. The van der Waals surface area contributed by atoms with Crippen LogP contribution < -0.4 is 5.32 Å². The van der Waals surface area contributed by atoms with Gasteiger partial charge in [-0.2, -0.15) is 0 Å². The smallest absolute Gasteiger partial charge is 0.220 e. The lowest BCUT2D eigenvalue weighted by Gasteiger charge is -2.46. The SMILES string of the molecule is CCC/C=C\CCCCCCCC(=O)NC(COC1OC(CO)C(OC2OC(CO)C(O)C(O)C2O)C(O)C1O)C(O)/C=C/CC/C=C/CCCCCCCCCCCCCCCCCCCCCCCCCC. The Hall–Kier alpha value is -1.79. The highest BCUT2D eigenvalue weighted by atomic mass is 16.7. The van der Waals surface area contributed by atoms with Crippen LogP contribution in [0.3, 0.4) is 0 Å². The number of ether oxygens (including phenoxy) is 4. The van der Waals surface area contributed by atoms with Crippen LogP contribution in [0.25, 0.3) is 0 Å². The summed E-state index contributed by atoms with van der Waals surface area (Å²) in [7, 11) is 0. The highest BCUT2D eigenvalue weighted by molar-refractivity contribution is 5.76. The van der Waals surface area contributed by atoms with E-state index in [0.29, 0.717) is 12.8 Å². The van der Waals surface area contributed by atoms with Gasteiger partial charge in [0.25, 0.3) is 0 Å². The molecule has 2 aliphatic rings. The van der Waals surface area contributed by atoms with Gasteiger partial charge in [-0.25, -0.2) is 0 Å². The van der Waals surface area contributed by atoms with Gasteiger partial charge in [0.2, 0.25) is 5.91 Å². The lowest BCUT2D eigenvalue weighted by molar-refractivity contribution is -0.359. The summed E-state index contributed by atoms with van der Waals surface area (Å²) in [5.41, 5.74) is 0. The zero-order valence-electron chi connectivity index (χ0n) is 46.6. The molecule has 14 heteroatoms. The molecule has 0 aromatic heterocycles. The summed E-state index contributed by atoms with van der Waals surface area (Å²) in [4.78, 5) is 13.1. The van der Waals surface area contributed by atoms with Crippen molar-refractivity contribution in [1.82, 2.24) is 5.32 Å². The van der Waals surface area contributed by atoms with Gasteiger partial charge in [0.05, 0.1) is 32.0 Å². The minimum atomic E-state index is -1.79. The molecular formula is C60H111NO13. The molecule has 0 aliphatic carbocycles. The maximum absolute atomic E-state index is 13.1. The molecule has 2 rings (SSSR count). The quantitative estimate of drug-likeness (QED) is 0.0204. The first kappa shape index (κ1) is 68.3. The normalized spacial score (nSPS) is 25.4. The Morgan fingerprint density at radius 1 is 0.473 bits per heavy atom. The molecule has 0 saturated carbocycles. The Morgan fingerprint density at radius 2 is 0.892 bits per heavy atom. The van der Waals surface area contributed by atoms with Crippen LogP contribution in [-0.4, -0.2) is 140 Å². The van der Waals surface area contributed by atoms with Crippen LogP contribution in [-0.2, 0) is 23.7 Å². The van der Waals surface area contributed by atoms with Gasteiger partial charge in [-0.3, -0.25) is 4.79 Å². The predicted octanol–water partition coefficient (Wildman–Crippen LogP) is 10.2. The van der Waals surface area contributed by atoms with Gasteiger partial charge in [-0.15, -0.1) is 0 Å². The summed E-state index contributed by atoms with van der Waals surface area (Å²) < 4.78 is 22.7. The van der Waals surface area contributed by atoms with Crippen LogP contribution in [0.5, 0.6) is 0 Å². The van der Waals surface area contributed by atoms with Crippen molar-refractivity contribution in [2.45, 2.75) is 319 Å². The van der Waals surface area contributed by atoms with E-state index < -0.39 is 86.8 Å².